The van der Waals surface area contributed by atoms with Crippen molar-refractivity contribution in [1.29, 1.82) is 0 Å². The number of carbonyl (C=O) groups is 2. The van der Waals surface area contributed by atoms with Crippen molar-refractivity contribution < 1.29 is 23.8 Å². The molecule has 0 saturated carbocycles. The minimum absolute atomic E-state index is 0.0915. The smallest absolute Gasteiger partial charge is 0.251 e. The zero-order chi connectivity index (χ0) is 31.9. The lowest BCUT2D eigenvalue weighted by molar-refractivity contribution is 0.0238. The average Bonchev–Trinajstić information content (AvgIpc) is 3.03. The van der Waals surface area contributed by atoms with Crippen LogP contribution < -0.4 is 20.1 Å². The summed E-state index contributed by atoms with van der Waals surface area (Å²) in [5.74, 6) is 0.976. The number of benzene rings is 2. The van der Waals surface area contributed by atoms with Crippen LogP contribution in [0.2, 0.25) is 5.02 Å². The molecule has 2 fully saturated rings. The lowest BCUT2D eigenvalue weighted by atomic mass is 9.99. The van der Waals surface area contributed by atoms with E-state index in [0.29, 0.717) is 40.9 Å². The highest BCUT2D eigenvalue weighted by Gasteiger charge is 2.28. The number of aldehydes is 1. The minimum atomic E-state index is -0.122. The van der Waals surface area contributed by atoms with Gasteiger partial charge in [0.2, 0.25) is 11.8 Å². The molecule has 0 atom stereocenters. The highest BCUT2D eigenvalue weighted by molar-refractivity contribution is 6.31. The van der Waals surface area contributed by atoms with Gasteiger partial charge in [-0.1, -0.05) is 23.7 Å². The Morgan fingerprint density at radius 2 is 1.91 bits per heavy atom. The van der Waals surface area contributed by atoms with Gasteiger partial charge in [-0.3, -0.25) is 9.59 Å². The summed E-state index contributed by atoms with van der Waals surface area (Å²) in [4.78, 5) is 38.6. The Balaban J connectivity index is 1.27. The van der Waals surface area contributed by atoms with Gasteiger partial charge >= 0.3 is 0 Å². The number of hydrogen-bond donors (Lipinski definition) is 2. The van der Waals surface area contributed by atoms with Crippen LogP contribution in [0.3, 0.4) is 0 Å². The molecule has 2 aliphatic rings. The molecule has 2 aliphatic heterocycles. The number of carbonyl (C=O) groups excluding carboxylic acids is 2. The Morgan fingerprint density at radius 3 is 2.60 bits per heavy atom. The molecule has 1 amide bonds. The molecule has 45 heavy (non-hydrogen) atoms. The predicted molar refractivity (Wildman–Crippen MR) is 173 cm³/mol. The van der Waals surface area contributed by atoms with Crippen LogP contribution in [0, 0.1) is 6.92 Å². The standard InChI is InChI=1S/C33H41ClN6O5/c1-21-16-28(30(43-4)17-25(21)31(42)36-23-8-12-40(13-9-23)24-10-14-44-15-11-24)37-33-35-18-27(34)32(38-33)45-29-7-5-6-22(19-39(2)3)26(29)20-41/h5-7,16-18,20,23-24H,8-15,19H2,1-4H3,(H,36,42)(H,35,37,38). The van der Waals surface area contributed by atoms with E-state index in [1.165, 1.54) is 6.20 Å². The molecule has 2 N–H and O–H groups in total. The molecule has 1 aromatic heterocycles. The highest BCUT2D eigenvalue weighted by atomic mass is 35.5. The number of nitrogens with one attached hydrogen (secondary N) is 2. The fourth-order valence-corrected chi connectivity index (χ4v) is 6.05. The Morgan fingerprint density at radius 1 is 1.16 bits per heavy atom. The van der Waals surface area contributed by atoms with Crippen molar-refractivity contribution in [3.63, 3.8) is 0 Å². The third kappa shape index (κ3) is 8.09. The molecule has 2 aromatic carbocycles. The van der Waals surface area contributed by atoms with Crippen LogP contribution in [-0.2, 0) is 11.3 Å². The van der Waals surface area contributed by atoms with E-state index in [-0.39, 0.29) is 28.8 Å². The van der Waals surface area contributed by atoms with Gasteiger partial charge in [-0.2, -0.15) is 4.98 Å². The molecule has 0 radical (unpaired) electrons. The number of halogens is 1. The van der Waals surface area contributed by atoms with E-state index in [0.717, 1.165) is 69.4 Å². The third-order valence-electron chi connectivity index (χ3n) is 8.29. The third-order valence-corrected chi connectivity index (χ3v) is 8.55. The molecule has 5 rings (SSSR count). The maximum Gasteiger partial charge on any atom is 0.251 e. The first-order valence-electron chi connectivity index (χ1n) is 15.3. The summed E-state index contributed by atoms with van der Waals surface area (Å²) in [6, 6.07) is 9.65. The Kier molecular flexibility index (Phi) is 10.9. The summed E-state index contributed by atoms with van der Waals surface area (Å²) in [7, 11) is 5.39. The molecule has 240 valence electrons. The summed E-state index contributed by atoms with van der Waals surface area (Å²) < 4.78 is 17.2. The molecule has 0 aliphatic carbocycles. The summed E-state index contributed by atoms with van der Waals surface area (Å²) in [5.41, 5.74) is 3.14. The normalized spacial score (nSPS) is 16.4. The molecule has 11 nitrogen and oxygen atoms in total. The van der Waals surface area contributed by atoms with E-state index in [9.17, 15) is 9.59 Å². The quantitative estimate of drug-likeness (QED) is 0.271. The van der Waals surface area contributed by atoms with Crippen molar-refractivity contribution >= 4 is 35.4 Å². The Labute approximate surface area is 269 Å². The minimum Gasteiger partial charge on any atom is -0.495 e. The van der Waals surface area contributed by atoms with Crippen molar-refractivity contribution in [3.8, 4) is 17.4 Å². The molecule has 12 heteroatoms. The number of anilines is 2. The number of nitrogens with zero attached hydrogens (tertiary/aromatic N) is 4. The van der Waals surface area contributed by atoms with Crippen molar-refractivity contribution in [2.24, 2.45) is 0 Å². The van der Waals surface area contributed by atoms with E-state index in [4.69, 9.17) is 25.8 Å². The van der Waals surface area contributed by atoms with E-state index >= 15 is 0 Å². The van der Waals surface area contributed by atoms with E-state index in [2.05, 4.69) is 25.5 Å². The number of ether oxygens (including phenoxy) is 3. The van der Waals surface area contributed by atoms with E-state index < -0.39 is 0 Å². The second kappa shape index (κ2) is 15.0. The second-order valence-electron chi connectivity index (χ2n) is 11.8. The summed E-state index contributed by atoms with van der Waals surface area (Å²) >= 11 is 6.38. The maximum absolute atomic E-state index is 13.3. The van der Waals surface area contributed by atoms with Gasteiger partial charge in [0, 0.05) is 50.5 Å². The summed E-state index contributed by atoms with van der Waals surface area (Å²) in [6.07, 6.45) is 6.20. The first-order valence-corrected chi connectivity index (χ1v) is 15.6. The first-order chi connectivity index (χ1) is 21.7. The van der Waals surface area contributed by atoms with Gasteiger partial charge in [0.1, 0.15) is 16.5 Å². The maximum atomic E-state index is 13.3. The van der Waals surface area contributed by atoms with Crippen molar-refractivity contribution in [3.05, 3.63) is 63.8 Å². The molecular weight excluding hydrogens is 596 g/mol. The van der Waals surface area contributed by atoms with Crippen LogP contribution in [0.1, 0.15) is 57.5 Å². The number of piperidine rings is 1. The second-order valence-corrected chi connectivity index (χ2v) is 12.2. The number of methoxy groups -OCH3 is 1. The monoisotopic (exact) mass is 636 g/mol. The number of aromatic nitrogens is 2. The number of rotatable bonds is 11. The largest absolute Gasteiger partial charge is 0.495 e. The van der Waals surface area contributed by atoms with Gasteiger partial charge in [-0.25, -0.2) is 4.98 Å². The fourth-order valence-electron chi connectivity index (χ4n) is 5.92. The number of likely N-dealkylation sites (tertiary alicyclic amines) is 1. The lowest BCUT2D eigenvalue weighted by Crippen LogP contribution is -2.49. The SMILES string of the molecule is COc1cc(C(=O)NC2CCN(C3CCOCC3)CC2)c(C)cc1Nc1ncc(Cl)c(Oc2cccc(CN(C)C)c2C=O)n1. The molecule has 3 aromatic rings. The molecule has 0 spiro atoms. The molecule has 0 unspecified atom stereocenters. The van der Waals surface area contributed by atoms with Crippen molar-refractivity contribution in [2.75, 3.05) is 52.8 Å². The van der Waals surface area contributed by atoms with Gasteiger partial charge in [-0.15, -0.1) is 0 Å². The summed E-state index contributed by atoms with van der Waals surface area (Å²) in [6.45, 7) is 6.07. The fraction of sp³-hybridized carbons (Fsp3) is 0.455. The van der Waals surface area contributed by atoms with Crippen LogP contribution in [0.5, 0.6) is 17.4 Å². The van der Waals surface area contributed by atoms with Crippen LogP contribution >= 0.6 is 11.6 Å². The number of hydrogen-bond acceptors (Lipinski definition) is 10. The lowest BCUT2D eigenvalue weighted by Gasteiger charge is -2.39. The van der Waals surface area contributed by atoms with Crippen LogP contribution in [0.4, 0.5) is 11.6 Å². The molecule has 2 saturated heterocycles. The zero-order valence-electron chi connectivity index (χ0n) is 26.3. The first kappa shape index (κ1) is 32.6. The number of aryl methyl sites for hydroxylation is 1. The van der Waals surface area contributed by atoms with Crippen molar-refractivity contribution in [1.82, 2.24) is 25.1 Å². The number of amides is 1. The zero-order valence-corrected chi connectivity index (χ0v) is 27.0. The molecule has 3 heterocycles. The summed E-state index contributed by atoms with van der Waals surface area (Å²) in [5, 5.41) is 6.57. The predicted octanol–water partition coefficient (Wildman–Crippen LogP) is 5.23. The van der Waals surface area contributed by atoms with Crippen LogP contribution in [-0.4, -0.2) is 91.6 Å². The van der Waals surface area contributed by atoms with Gasteiger partial charge < -0.3 is 34.6 Å². The van der Waals surface area contributed by atoms with E-state index in [1.54, 1.807) is 19.2 Å². The topological polar surface area (TPSA) is 118 Å². The molecular formula is C33H41ClN6O5. The van der Waals surface area contributed by atoms with Gasteiger partial charge in [0.15, 0.2) is 6.29 Å². The van der Waals surface area contributed by atoms with Gasteiger partial charge in [0.25, 0.3) is 5.91 Å². The molecule has 0 bridgehead atoms. The van der Waals surface area contributed by atoms with Crippen LogP contribution in [0.25, 0.3) is 0 Å². The highest BCUT2D eigenvalue weighted by Crippen LogP contribution is 2.34. The van der Waals surface area contributed by atoms with Crippen LogP contribution in [0.15, 0.2) is 36.5 Å². The van der Waals surface area contributed by atoms with Gasteiger partial charge in [-0.05, 0) is 76.0 Å². The van der Waals surface area contributed by atoms with Gasteiger partial charge in [0.05, 0.1) is 24.6 Å². The Bertz CT molecular complexity index is 1510. The Hall–Kier alpha value is -3.77. The average molecular weight is 637 g/mol. The van der Waals surface area contributed by atoms with Crippen molar-refractivity contribution in [2.45, 2.75) is 51.2 Å². The van der Waals surface area contributed by atoms with E-state index in [1.807, 2.05) is 44.1 Å².